The average molecular weight is 346 g/mol. The molecule has 2 fully saturated rings. The van der Waals surface area contributed by atoms with Crippen molar-refractivity contribution in [1.82, 2.24) is 20.5 Å². The first-order valence-corrected chi connectivity index (χ1v) is 9.54. The van der Waals surface area contributed by atoms with Gasteiger partial charge < -0.3 is 15.7 Å². The average Bonchev–Trinajstić information content (AvgIpc) is 2.64. The molecule has 0 bridgehead atoms. The molecule has 3 N–H and O–H groups in total. The van der Waals surface area contributed by atoms with E-state index in [1.165, 1.54) is 0 Å². The van der Waals surface area contributed by atoms with Crippen molar-refractivity contribution >= 4 is 6.03 Å². The van der Waals surface area contributed by atoms with E-state index in [-0.39, 0.29) is 30.6 Å². The zero-order valence-electron chi connectivity index (χ0n) is 14.9. The number of amides is 2. The lowest BCUT2D eigenvalue weighted by atomic mass is 9.85. The van der Waals surface area contributed by atoms with E-state index in [4.69, 9.17) is 0 Å². The van der Waals surface area contributed by atoms with Gasteiger partial charge in [0, 0.05) is 50.4 Å². The second kappa shape index (κ2) is 9.15. The lowest BCUT2D eigenvalue weighted by Crippen LogP contribution is -2.52. The first kappa shape index (κ1) is 18.1. The van der Waals surface area contributed by atoms with Crippen LogP contribution < -0.4 is 10.6 Å². The van der Waals surface area contributed by atoms with Crippen LogP contribution in [0.5, 0.6) is 0 Å². The molecular formula is C19H30N4O2. The zero-order valence-corrected chi connectivity index (χ0v) is 14.9. The van der Waals surface area contributed by atoms with Crippen molar-refractivity contribution in [2.45, 2.75) is 57.2 Å². The predicted octanol–water partition coefficient (Wildman–Crippen LogP) is 1.90. The second-order valence-corrected chi connectivity index (χ2v) is 7.32. The van der Waals surface area contributed by atoms with E-state index >= 15 is 0 Å². The summed E-state index contributed by atoms with van der Waals surface area (Å²) in [6.45, 7) is 2.99. The second-order valence-electron chi connectivity index (χ2n) is 7.32. The highest BCUT2D eigenvalue weighted by Crippen LogP contribution is 2.24. The van der Waals surface area contributed by atoms with Crippen LogP contribution in [0.3, 0.4) is 0 Å². The Bertz CT molecular complexity index is 531. The molecule has 2 aliphatic rings. The van der Waals surface area contributed by atoms with Crippen molar-refractivity contribution in [3.8, 4) is 0 Å². The number of aliphatic hydroxyl groups is 1. The van der Waals surface area contributed by atoms with Crippen LogP contribution in [-0.4, -0.2) is 52.8 Å². The Morgan fingerprint density at radius 1 is 1.16 bits per heavy atom. The highest BCUT2D eigenvalue weighted by atomic mass is 16.3. The summed E-state index contributed by atoms with van der Waals surface area (Å²) in [4.78, 5) is 19.1. The number of aromatic nitrogens is 1. The van der Waals surface area contributed by atoms with Gasteiger partial charge in [-0.25, -0.2) is 4.79 Å². The number of likely N-dealkylation sites (tertiary alicyclic amines) is 1. The van der Waals surface area contributed by atoms with Gasteiger partial charge in [0.15, 0.2) is 0 Å². The highest BCUT2D eigenvalue weighted by molar-refractivity contribution is 5.74. The number of hydrogen-bond acceptors (Lipinski definition) is 4. The lowest BCUT2D eigenvalue weighted by molar-refractivity contribution is 0.150. The Morgan fingerprint density at radius 2 is 1.96 bits per heavy atom. The molecular weight excluding hydrogens is 316 g/mol. The van der Waals surface area contributed by atoms with E-state index in [2.05, 4.69) is 26.6 Å². The number of urea groups is 1. The van der Waals surface area contributed by atoms with Gasteiger partial charge in [-0.2, -0.15) is 0 Å². The lowest BCUT2D eigenvalue weighted by Gasteiger charge is -2.34. The molecule has 0 spiro atoms. The van der Waals surface area contributed by atoms with Crippen molar-refractivity contribution in [1.29, 1.82) is 0 Å². The third-order valence-corrected chi connectivity index (χ3v) is 5.49. The van der Waals surface area contributed by atoms with Gasteiger partial charge in [-0.3, -0.25) is 9.88 Å². The topological polar surface area (TPSA) is 77.5 Å². The maximum atomic E-state index is 12.3. The number of carbonyl (C=O) groups is 1. The Kier molecular flexibility index (Phi) is 6.64. The molecule has 1 saturated heterocycles. The third kappa shape index (κ3) is 5.41. The van der Waals surface area contributed by atoms with E-state index in [9.17, 15) is 9.90 Å². The van der Waals surface area contributed by atoms with E-state index in [1.807, 2.05) is 18.3 Å². The van der Waals surface area contributed by atoms with Gasteiger partial charge in [-0.15, -0.1) is 0 Å². The van der Waals surface area contributed by atoms with Gasteiger partial charge in [0.2, 0.25) is 0 Å². The Balaban J connectivity index is 1.39. The molecule has 2 unspecified atom stereocenters. The van der Waals surface area contributed by atoms with Crippen LogP contribution >= 0.6 is 0 Å². The maximum absolute atomic E-state index is 12.3. The zero-order chi connectivity index (χ0) is 17.5. The Labute approximate surface area is 150 Å². The largest absolute Gasteiger partial charge is 0.396 e. The number of rotatable bonds is 5. The molecule has 3 rings (SSSR count). The summed E-state index contributed by atoms with van der Waals surface area (Å²) >= 11 is 0. The SMILES string of the molecule is O=C(NC1CCN(Cc2ccccn2)CC1)NC1CCCCC1CO. The molecule has 0 aromatic carbocycles. The number of pyridine rings is 1. The quantitative estimate of drug-likeness (QED) is 0.761. The normalized spacial score (nSPS) is 25.5. The highest BCUT2D eigenvalue weighted by Gasteiger charge is 2.27. The molecule has 2 amide bonds. The van der Waals surface area contributed by atoms with Crippen LogP contribution in [0.1, 0.15) is 44.2 Å². The molecule has 6 nitrogen and oxygen atoms in total. The van der Waals surface area contributed by atoms with Gasteiger partial charge in [0.05, 0.1) is 5.69 Å². The smallest absolute Gasteiger partial charge is 0.315 e. The van der Waals surface area contributed by atoms with Gasteiger partial charge >= 0.3 is 6.03 Å². The predicted molar refractivity (Wildman–Crippen MR) is 97.0 cm³/mol. The molecule has 6 heteroatoms. The number of carbonyl (C=O) groups excluding carboxylic acids is 1. The van der Waals surface area contributed by atoms with E-state index < -0.39 is 0 Å². The number of hydrogen-bond donors (Lipinski definition) is 3. The van der Waals surface area contributed by atoms with Crippen LogP contribution in [0.15, 0.2) is 24.4 Å². The van der Waals surface area contributed by atoms with Crippen LogP contribution in [0.2, 0.25) is 0 Å². The summed E-state index contributed by atoms with van der Waals surface area (Å²) in [5, 5.41) is 15.7. The minimum atomic E-state index is -0.0754. The monoisotopic (exact) mass is 346 g/mol. The van der Waals surface area contributed by atoms with Crippen molar-refractivity contribution in [3.05, 3.63) is 30.1 Å². The molecule has 1 aromatic rings. The van der Waals surface area contributed by atoms with Crippen molar-refractivity contribution in [2.24, 2.45) is 5.92 Å². The Hall–Kier alpha value is -1.66. The van der Waals surface area contributed by atoms with Gasteiger partial charge in [0.25, 0.3) is 0 Å². The van der Waals surface area contributed by atoms with Gasteiger partial charge in [-0.1, -0.05) is 18.9 Å². The van der Waals surface area contributed by atoms with Crippen LogP contribution in [0, 0.1) is 5.92 Å². The first-order valence-electron chi connectivity index (χ1n) is 9.54. The molecule has 2 atom stereocenters. The fourth-order valence-electron chi connectivity index (χ4n) is 3.97. The molecule has 1 aliphatic heterocycles. The summed E-state index contributed by atoms with van der Waals surface area (Å²) in [7, 11) is 0. The van der Waals surface area contributed by atoms with E-state index in [0.717, 1.165) is 63.9 Å². The maximum Gasteiger partial charge on any atom is 0.315 e. The number of aliphatic hydroxyl groups excluding tert-OH is 1. The van der Waals surface area contributed by atoms with E-state index in [1.54, 1.807) is 0 Å². The first-order chi connectivity index (χ1) is 12.2. The van der Waals surface area contributed by atoms with Crippen LogP contribution in [0.4, 0.5) is 4.79 Å². The van der Waals surface area contributed by atoms with Crippen molar-refractivity contribution < 1.29 is 9.90 Å². The van der Waals surface area contributed by atoms with Crippen LogP contribution in [-0.2, 0) is 6.54 Å². The summed E-state index contributed by atoms with van der Waals surface area (Å²) in [5.74, 6) is 0.208. The fraction of sp³-hybridized carbons (Fsp3) is 0.684. The number of piperidine rings is 1. The minimum absolute atomic E-state index is 0.0754. The summed E-state index contributed by atoms with van der Waals surface area (Å²) < 4.78 is 0. The van der Waals surface area contributed by atoms with Crippen molar-refractivity contribution in [2.75, 3.05) is 19.7 Å². The minimum Gasteiger partial charge on any atom is -0.396 e. The summed E-state index contributed by atoms with van der Waals surface area (Å²) in [6.07, 6.45) is 8.03. The summed E-state index contributed by atoms with van der Waals surface area (Å²) in [6, 6.07) is 6.28. The molecule has 1 aliphatic carbocycles. The van der Waals surface area contributed by atoms with E-state index in [0.29, 0.717) is 0 Å². The molecule has 1 aromatic heterocycles. The molecule has 2 heterocycles. The standard InChI is InChI=1S/C19H30N4O2/c24-14-15-5-1-2-7-18(15)22-19(25)21-16-8-11-23(12-9-16)13-17-6-3-4-10-20-17/h3-4,6,10,15-16,18,24H,1-2,5,7-9,11-14H2,(H2,21,22,25). The fourth-order valence-corrected chi connectivity index (χ4v) is 3.97. The molecule has 1 saturated carbocycles. The summed E-state index contributed by atoms with van der Waals surface area (Å²) in [5.41, 5.74) is 1.10. The molecule has 138 valence electrons. The van der Waals surface area contributed by atoms with Crippen molar-refractivity contribution in [3.63, 3.8) is 0 Å². The number of nitrogens with zero attached hydrogens (tertiary/aromatic N) is 2. The Morgan fingerprint density at radius 3 is 2.68 bits per heavy atom. The number of nitrogens with one attached hydrogen (secondary N) is 2. The van der Waals surface area contributed by atoms with Gasteiger partial charge in [0.1, 0.15) is 0 Å². The van der Waals surface area contributed by atoms with Crippen LogP contribution in [0.25, 0.3) is 0 Å². The molecule has 25 heavy (non-hydrogen) atoms. The molecule has 0 radical (unpaired) electrons. The van der Waals surface area contributed by atoms with Gasteiger partial charge in [-0.05, 0) is 37.8 Å². The third-order valence-electron chi connectivity index (χ3n) is 5.49.